The van der Waals surface area contributed by atoms with Crippen molar-refractivity contribution in [2.24, 2.45) is 4.99 Å². The van der Waals surface area contributed by atoms with Gasteiger partial charge in [0, 0.05) is 12.8 Å². The van der Waals surface area contributed by atoms with E-state index >= 15 is 0 Å². The molecule has 1 aliphatic heterocycles. The van der Waals surface area contributed by atoms with Gasteiger partial charge < -0.3 is 14.9 Å². The third-order valence-corrected chi connectivity index (χ3v) is 2.51. The van der Waals surface area contributed by atoms with Crippen molar-refractivity contribution in [1.82, 2.24) is 0 Å². The second kappa shape index (κ2) is 6.36. The second-order valence-corrected chi connectivity index (χ2v) is 3.40. The van der Waals surface area contributed by atoms with Gasteiger partial charge in [0.25, 0.3) is 0 Å². The zero-order valence-corrected chi connectivity index (χ0v) is 8.32. The molecule has 1 aliphatic rings. The molecule has 0 atom stereocenters. The van der Waals surface area contributed by atoms with Gasteiger partial charge in [-0.15, -0.1) is 6.01 Å². The van der Waals surface area contributed by atoms with E-state index in [-0.39, 0.29) is 0 Å². The minimum atomic E-state index is 1.28. The molecular weight excluding hydrogens is 164 g/mol. The van der Waals surface area contributed by atoms with E-state index in [1.54, 1.807) is 0 Å². The van der Waals surface area contributed by atoms with Crippen molar-refractivity contribution in [3.63, 3.8) is 0 Å². The Hall–Kier alpha value is -1.17. The molecule has 0 aliphatic carbocycles. The average Bonchev–Trinajstić information content (AvgIpc) is 2.56. The van der Waals surface area contributed by atoms with Gasteiger partial charge in [0.2, 0.25) is 0 Å². The first-order valence-corrected chi connectivity index (χ1v) is 4.50. The topological polar surface area (TPSA) is 58.5 Å². The third-order valence-electron chi connectivity index (χ3n) is 2.51. The van der Waals surface area contributed by atoms with Gasteiger partial charge in [-0.3, -0.25) is 0 Å². The first-order chi connectivity index (χ1) is 6.18. The van der Waals surface area contributed by atoms with Crippen molar-refractivity contribution < 1.29 is 4.48 Å². The van der Waals surface area contributed by atoms with Crippen LogP contribution in [0.3, 0.4) is 0 Å². The number of likely N-dealkylation sites (tertiary alicyclic amines) is 1. The summed E-state index contributed by atoms with van der Waals surface area (Å²) in [5, 5.41) is 14.9. The molecule has 72 valence electrons. The fraction of sp³-hybridized carbons (Fsp3) is 0.778. The van der Waals surface area contributed by atoms with Gasteiger partial charge in [0.1, 0.15) is 0 Å². The monoisotopic (exact) mass is 180 g/mol. The maximum Gasteiger partial charge on any atom is 0.0925 e. The number of aliphatic imine (C=N–C) groups is 1. The van der Waals surface area contributed by atoms with Crippen LogP contribution in [0.15, 0.2) is 4.99 Å². The van der Waals surface area contributed by atoms with Gasteiger partial charge in [0.15, 0.2) is 0 Å². The lowest BCUT2D eigenvalue weighted by Crippen LogP contribution is -2.40. The van der Waals surface area contributed by atoms with Crippen molar-refractivity contribution in [2.45, 2.75) is 19.8 Å². The number of nitrogens with zero attached hydrogens (tertiary/aromatic N) is 4. The molecule has 13 heavy (non-hydrogen) atoms. The zero-order valence-electron chi connectivity index (χ0n) is 8.32. The zero-order chi connectivity index (χ0) is 10.2. The molecule has 1 heterocycles. The summed E-state index contributed by atoms with van der Waals surface area (Å²) in [6.45, 7) is 6.43. The van der Waals surface area contributed by atoms with Gasteiger partial charge in [-0.2, -0.15) is 5.26 Å². The predicted octanol–water partition coefficient (Wildman–Crippen LogP) is 1.46. The lowest BCUT2D eigenvalue weighted by molar-refractivity contribution is -0.895. The van der Waals surface area contributed by atoms with Crippen molar-refractivity contribution in [3.8, 4) is 6.19 Å². The third kappa shape index (κ3) is 5.13. The van der Waals surface area contributed by atoms with Crippen LogP contribution in [0.4, 0.5) is 0 Å². The van der Waals surface area contributed by atoms with Crippen molar-refractivity contribution in [1.29, 1.82) is 5.26 Å². The van der Waals surface area contributed by atoms with E-state index in [1.165, 1.54) is 49.2 Å². The Bertz CT molecular complexity index is 216. The van der Waals surface area contributed by atoms with Gasteiger partial charge in [0.05, 0.1) is 32.9 Å². The standard InChI is InChI=1S/C7H16N.C2N3/c1-3-8(2)6-4-5-7-8;3-1-5-2-4/h3-7H2,1-2H3;/q+1;-1. The van der Waals surface area contributed by atoms with E-state index in [1.807, 2.05) is 0 Å². The molecule has 4 heteroatoms. The number of rotatable bonds is 1. The highest BCUT2D eigenvalue weighted by Crippen LogP contribution is 2.14. The van der Waals surface area contributed by atoms with E-state index in [0.717, 1.165) is 0 Å². The van der Waals surface area contributed by atoms with E-state index in [4.69, 9.17) is 10.7 Å². The summed E-state index contributed by atoms with van der Waals surface area (Å²) in [7, 11) is 2.35. The number of hydrogen-bond acceptors (Lipinski definition) is 2. The Morgan fingerprint density at radius 2 is 2.00 bits per heavy atom. The Kier molecular flexibility index (Phi) is 5.79. The molecule has 0 amide bonds. The van der Waals surface area contributed by atoms with Crippen molar-refractivity contribution >= 4 is 6.01 Å². The predicted molar refractivity (Wildman–Crippen MR) is 52.1 cm³/mol. The fourth-order valence-electron chi connectivity index (χ4n) is 1.44. The molecule has 0 radical (unpaired) electrons. The number of hydrogen-bond donors (Lipinski definition) is 0. The van der Waals surface area contributed by atoms with E-state index < -0.39 is 0 Å². The van der Waals surface area contributed by atoms with Crippen LogP contribution in [0.2, 0.25) is 0 Å². The summed E-state index contributed by atoms with van der Waals surface area (Å²) >= 11 is 0. The molecule has 0 spiro atoms. The number of nitriles is 1. The summed E-state index contributed by atoms with van der Waals surface area (Å²) < 4.78 is 1.32. The first kappa shape index (κ1) is 11.8. The molecule has 1 saturated heterocycles. The normalized spacial score (nSPS) is 17.6. The van der Waals surface area contributed by atoms with E-state index in [0.29, 0.717) is 0 Å². The summed E-state index contributed by atoms with van der Waals surface area (Å²) in [6.07, 6.45) is 4.18. The van der Waals surface area contributed by atoms with Gasteiger partial charge >= 0.3 is 0 Å². The smallest absolute Gasteiger partial charge is 0.0925 e. The van der Waals surface area contributed by atoms with Gasteiger partial charge in [-0.25, -0.2) is 0 Å². The molecule has 0 aromatic heterocycles. The van der Waals surface area contributed by atoms with Crippen LogP contribution in [0, 0.1) is 11.5 Å². The second-order valence-electron chi connectivity index (χ2n) is 3.40. The maximum atomic E-state index is 7.43. The molecule has 4 nitrogen and oxygen atoms in total. The Balaban J connectivity index is 0.000000252. The highest BCUT2D eigenvalue weighted by Gasteiger charge is 2.23. The van der Waals surface area contributed by atoms with Crippen LogP contribution in [-0.4, -0.2) is 37.2 Å². The first-order valence-electron chi connectivity index (χ1n) is 4.50. The maximum absolute atomic E-state index is 7.43. The van der Waals surface area contributed by atoms with Crippen LogP contribution in [0.25, 0.3) is 5.41 Å². The summed E-state index contributed by atoms with van der Waals surface area (Å²) in [4.78, 5) is 2.58. The van der Waals surface area contributed by atoms with Crippen LogP contribution in [-0.2, 0) is 0 Å². The van der Waals surface area contributed by atoms with E-state index in [9.17, 15) is 0 Å². The average molecular weight is 180 g/mol. The van der Waals surface area contributed by atoms with Crippen LogP contribution in [0.1, 0.15) is 19.8 Å². The molecular formula is C9H16N4. The fourth-order valence-corrected chi connectivity index (χ4v) is 1.44. The van der Waals surface area contributed by atoms with Crippen LogP contribution in [0.5, 0.6) is 0 Å². The number of quaternary nitrogens is 1. The Labute approximate surface area is 79.6 Å². The van der Waals surface area contributed by atoms with E-state index in [2.05, 4.69) is 19.0 Å². The Morgan fingerprint density at radius 1 is 1.46 bits per heavy atom. The summed E-state index contributed by atoms with van der Waals surface area (Å²) in [6, 6.07) is 1.28. The minimum absolute atomic E-state index is 1.28. The lowest BCUT2D eigenvalue weighted by atomic mass is 10.4. The largest absolute Gasteiger partial charge is 0.422 e. The van der Waals surface area contributed by atoms with Crippen molar-refractivity contribution in [2.75, 3.05) is 26.7 Å². The molecule has 0 saturated carbocycles. The van der Waals surface area contributed by atoms with Crippen LogP contribution < -0.4 is 0 Å². The summed E-state index contributed by atoms with van der Waals surface area (Å²) in [5.74, 6) is 0. The van der Waals surface area contributed by atoms with Gasteiger partial charge in [-0.05, 0) is 6.92 Å². The molecule has 0 aromatic carbocycles. The van der Waals surface area contributed by atoms with Gasteiger partial charge in [-0.1, -0.05) is 0 Å². The summed E-state index contributed by atoms with van der Waals surface area (Å²) in [5.41, 5.74) is 0. The molecule has 1 fully saturated rings. The molecule has 0 aromatic rings. The molecule has 0 unspecified atom stereocenters. The van der Waals surface area contributed by atoms with Crippen LogP contribution >= 0.6 is 0 Å². The SMILES string of the molecule is CC[N+]1(C)CCCC1.N#CN=C=[N-]. The quantitative estimate of drug-likeness (QED) is 0.342. The molecule has 1 rings (SSSR count). The minimum Gasteiger partial charge on any atom is -0.422 e. The highest BCUT2D eigenvalue weighted by atomic mass is 15.3. The lowest BCUT2D eigenvalue weighted by Gasteiger charge is -2.26. The van der Waals surface area contributed by atoms with Crippen molar-refractivity contribution in [3.05, 3.63) is 5.41 Å². The Morgan fingerprint density at radius 3 is 2.15 bits per heavy atom. The molecule has 0 N–H and O–H groups in total. The molecule has 0 bridgehead atoms. The highest BCUT2D eigenvalue weighted by molar-refractivity contribution is 5.46.